The smallest absolute Gasteiger partial charge is 0.234 e. The van der Waals surface area contributed by atoms with Crippen molar-refractivity contribution in [3.8, 4) is 0 Å². The summed E-state index contributed by atoms with van der Waals surface area (Å²) in [5.74, 6) is 0.190. The maximum atomic E-state index is 12.3. The van der Waals surface area contributed by atoms with Crippen LogP contribution in [0.1, 0.15) is 29.0 Å². The number of rotatable bonds is 5. The molecule has 9 heteroatoms. The van der Waals surface area contributed by atoms with Crippen molar-refractivity contribution < 1.29 is 9.59 Å². The van der Waals surface area contributed by atoms with E-state index in [-0.39, 0.29) is 23.4 Å². The van der Waals surface area contributed by atoms with E-state index >= 15 is 0 Å². The van der Waals surface area contributed by atoms with Crippen molar-refractivity contribution in [1.29, 1.82) is 0 Å². The molecule has 0 aliphatic carbocycles. The number of nitrogens with two attached hydrogens (primary N) is 1. The predicted molar refractivity (Wildman–Crippen MR) is 121 cm³/mol. The number of fused-ring (bicyclic) bond motifs is 1. The van der Waals surface area contributed by atoms with Crippen molar-refractivity contribution in [2.45, 2.75) is 13.1 Å². The summed E-state index contributed by atoms with van der Waals surface area (Å²) >= 11 is 1.24. The van der Waals surface area contributed by atoms with E-state index in [1.54, 1.807) is 24.3 Å². The van der Waals surface area contributed by atoms with Gasteiger partial charge >= 0.3 is 0 Å². The molecule has 0 bridgehead atoms. The molecular formula is C21H20N6O2S. The van der Waals surface area contributed by atoms with Crippen molar-refractivity contribution in [2.24, 2.45) is 15.7 Å². The van der Waals surface area contributed by atoms with Gasteiger partial charge in [0.05, 0.1) is 5.75 Å². The molecule has 1 amide bonds. The number of para-hydroxylation sites is 1. The Bertz CT molecular complexity index is 1170. The molecule has 3 aromatic rings. The highest BCUT2D eigenvalue weighted by Crippen LogP contribution is 2.29. The second-order valence-corrected chi connectivity index (χ2v) is 7.67. The normalized spacial score (nSPS) is 15.8. The lowest BCUT2D eigenvalue weighted by molar-refractivity contribution is -0.113. The number of hydrogen-bond donors (Lipinski definition) is 4. The monoisotopic (exact) mass is 420 g/mol. The SMILES string of the molecule is CC(=O)c1ccc(NC(=O)CSC2=N[C@@H](c3c[nH]c4ccccc34)N=C(N)N2)cc1. The number of carbonyl (C=O) groups excluding carboxylic acids is 2. The van der Waals surface area contributed by atoms with Crippen LogP contribution in [-0.2, 0) is 4.79 Å². The topological polar surface area (TPSA) is 125 Å². The molecule has 0 radical (unpaired) electrons. The summed E-state index contributed by atoms with van der Waals surface area (Å²) in [6.07, 6.45) is 1.40. The van der Waals surface area contributed by atoms with Crippen LogP contribution in [0, 0.1) is 0 Å². The van der Waals surface area contributed by atoms with Crippen LogP contribution in [0.3, 0.4) is 0 Å². The van der Waals surface area contributed by atoms with Crippen molar-refractivity contribution >= 4 is 51.2 Å². The second-order valence-electron chi connectivity index (χ2n) is 6.71. The minimum Gasteiger partial charge on any atom is -0.370 e. The Kier molecular flexibility index (Phi) is 5.53. The van der Waals surface area contributed by atoms with E-state index in [0.717, 1.165) is 16.5 Å². The minimum atomic E-state index is -0.480. The van der Waals surface area contributed by atoms with E-state index in [1.807, 2.05) is 30.5 Å². The van der Waals surface area contributed by atoms with Gasteiger partial charge in [-0.3, -0.25) is 9.59 Å². The molecule has 8 nitrogen and oxygen atoms in total. The number of anilines is 1. The molecule has 0 saturated heterocycles. The minimum absolute atomic E-state index is 0.0196. The van der Waals surface area contributed by atoms with Gasteiger partial charge in [0.2, 0.25) is 5.91 Å². The number of amidine groups is 1. The third-order valence-electron chi connectivity index (χ3n) is 4.55. The summed E-state index contributed by atoms with van der Waals surface area (Å²) in [7, 11) is 0. The van der Waals surface area contributed by atoms with E-state index in [9.17, 15) is 9.59 Å². The fraction of sp³-hybridized carbons (Fsp3) is 0.143. The first kappa shape index (κ1) is 19.7. The van der Waals surface area contributed by atoms with Crippen molar-refractivity contribution in [3.05, 3.63) is 65.9 Å². The molecule has 152 valence electrons. The zero-order chi connectivity index (χ0) is 21.1. The molecule has 0 fully saturated rings. The average Bonchev–Trinajstić information content (AvgIpc) is 3.16. The van der Waals surface area contributed by atoms with E-state index < -0.39 is 6.17 Å². The lowest BCUT2D eigenvalue weighted by Crippen LogP contribution is -2.39. The van der Waals surface area contributed by atoms with Gasteiger partial charge in [0.1, 0.15) is 0 Å². The number of H-pyrrole nitrogens is 1. The Labute approximate surface area is 177 Å². The molecule has 1 aliphatic heterocycles. The van der Waals surface area contributed by atoms with Crippen LogP contribution in [-0.4, -0.2) is 33.6 Å². The summed E-state index contributed by atoms with van der Waals surface area (Å²) in [4.78, 5) is 35.8. The van der Waals surface area contributed by atoms with Gasteiger partial charge in [-0.25, -0.2) is 9.98 Å². The van der Waals surface area contributed by atoms with Gasteiger partial charge < -0.3 is 21.4 Å². The number of amides is 1. The molecule has 0 unspecified atom stereocenters. The zero-order valence-corrected chi connectivity index (χ0v) is 17.0. The van der Waals surface area contributed by atoms with Crippen LogP contribution >= 0.6 is 11.8 Å². The van der Waals surface area contributed by atoms with Gasteiger partial charge in [-0.05, 0) is 37.3 Å². The van der Waals surface area contributed by atoms with Crippen molar-refractivity contribution in [1.82, 2.24) is 10.3 Å². The molecule has 0 spiro atoms. The van der Waals surface area contributed by atoms with E-state index in [4.69, 9.17) is 5.73 Å². The number of carbonyl (C=O) groups is 2. The summed E-state index contributed by atoms with van der Waals surface area (Å²) in [6.45, 7) is 1.50. The Balaban J connectivity index is 1.41. The highest BCUT2D eigenvalue weighted by molar-refractivity contribution is 8.14. The van der Waals surface area contributed by atoms with Gasteiger partial charge in [-0.1, -0.05) is 30.0 Å². The lowest BCUT2D eigenvalue weighted by Gasteiger charge is -2.18. The van der Waals surface area contributed by atoms with Crippen LogP contribution in [0.2, 0.25) is 0 Å². The molecule has 5 N–H and O–H groups in total. The third-order valence-corrected chi connectivity index (χ3v) is 5.44. The number of aliphatic imine (C=N–C) groups is 2. The van der Waals surface area contributed by atoms with Gasteiger partial charge in [-0.15, -0.1) is 0 Å². The van der Waals surface area contributed by atoms with E-state index in [1.165, 1.54) is 18.7 Å². The number of guanidine groups is 1. The quantitative estimate of drug-likeness (QED) is 0.472. The first-order chi connectivity index (χ1) is 14.5. The number of nitrogens with one attached hydrogen (secondary N) is 3. The Hall–Kier alpha value is -3.59. The number of aromatic amines is 1. The number of hydrogen-bond acceptors (Lipinski definition) is 7. The second kappa shape index (κ2) is 8.42. The van der Waals surface area contributed by atoms with Crippen LogP contribution in [0.5, 0.6) is 0 Å². The highest BCUT2D eigenvalue weighted by atomic mass is 32.2. The van der Waals surface area contributed by atoms with Crippen LogP contribution in [0.4, 0.5) is 5.69 Å². The van der Waals surface area contributed by atoms with Gasteiger partial charge in [0, 0.05) is 33.9 Å². The first-order valence-corrected chi connectivity index (χ1v) is 10.3. The first-order valence-electron chi connectivity index (χ1n) is 9.27. The van der Waals surface area contributed by atoms with E-state index in [2.05, 4.69) is 25.6 Å². The molecular weight excluding hydrogens is 400 g/mol. The van der Waals surface area contributed by atoms with Crippen LogP contribution < -0.4 is 16.4 Å². The number of nitrogens with zero attached hydrogens (tertiary/aromatic N) is 2. The summed E-state index contributed by atoms with van der Waals surface area (Å²) in [5, 5.41) is 7.27. The van der Waals surface area contributed by atoms with E-state index in [0.29, 0.717) is 16.4 Å². The van der Waals surface area contributed by atoms with Gasteiger partial charge in [-0.2, -0.15) is 0 Å². The molecule has 1 aromatic heterocycles. The van der Waals surface area contributed by atoms with Gasteiger partial charge in [0.15, 0.2) is 23.1 Å². The lowest BCUT2D eigenvalue weighted by atomic mass is 10.1. The maximum Gasteiger partial charge on any atom is 0.234 e. The number of benzene rings is 2. The predicted octanol–water partition coefficient (Wildman–Crippen LogP) is 3.01. The molecule has 4 rings (SSSR count). The van der Waals surface area contributed by atoms with Crippen molar-refractivity contribution in [2.75, 3.05) is 11.1 Å². The molecule has 0 saturated carbocycles. The highest BCUT2D eigenvalue weighted by Gasteiger charge is 2.20. The molecule has 2 aromatic carbocycles. The van der Waals surface area contributed by atoms with Crippen molar-refractivity contribution in [3.63, 3.8) is 0 Å². The number of aromatic nitrogens is 1. The number of thioether (sulfide) groups is 1. The summed E-state index contributed by atoms with van der Waals surface area (Å²) in [6, 6.07) is 14.7. The average molecular weight is 420 g/mol. The molecule has 30 heavy (non-hydrogen) atoms. The molecule has 1 atom stereocenters. The Morgan fingerprint density at radius 2 is 1.90 bits per heavy atom. The largest absolute Gasteiger partial charge is 0.370 e. The number of ketones is 1. The van der Waals surface area contributed by atoms with Gasteiger partial charge in [0.25, 0.3) is 0 Å². The molecule has 1 aliphatic rings. The zero-order valence-electron chi connectivity index (χ0n) is 16.2. The summed E-state index contributed by atoms with van der Waals surface area (Å²) < 4.78 is 0. The maximum absolute atomic E-state index is 12.3. The summed E-state index contributed by atoms with van der Waals surface area (Å²) in [5.41, 5.74) is 9.08. The fourth-order valence-corrected chi connectivity index (χ4v) is 3.78. The fourth-order valence-electron chi connectivity index (χ4n) is 3.09. The third kappa shape index (κ3) is 4.36. The van der Waals surface area contributed by atoms with Crippen LogP contribution in [0.15, 0.2) is 64.7 Å². The Morgan fingerprint density at radius 3 is 2.67 bits per heavy atom. The standard InChI is InChI=1S/C21H20N6O2S/c1-12(28)13-6-8-14(9-7-13)24-18(29)11-30-21-26-19(25-20(22)27-21)16-10-23-17-5-3-2-4-15(16)17/h2-10,19,23H,11H2,1H3,(H,24,29)(H3,22,25,26,27)/t19-/m0/s1. The number of Topliss-reactive ketones (excluding diaryl/α,β-unsaturated/α-hetero) is 1. The Morgan fingerprint density at radius 1 is 1.13 bits per heavy atom. The van der Waals surface area contributed by atoms with Crippen LogP contribution in [0.25, 0.3) is 10.9 Å². The molecule has 2 heterocycles.